The van der Waals surface area contributed by atoms with E-state index in [0.29, 0.717) is 118 Å². The van der Waals surface area contributed by atoms with Gasteiger partial charge in [0.1, 0.15) is 6.61 Å². The number of hydrogen-bond acceptors (Lipinski definition) is 9. The van der Waals surface area contributed by atoms with Gasteiger partial charge in [0, 0.05) is 6.61 Å². The molecule has 0 aliphatic heterocycles. The van der Waals surface area contributed by atoms with Crippen LogP contribution in [0.25, 0.3) is 0 Å². The second kappa shape index (κ2) is 26.3. The predicted octanol–water partition coefficient (Wildman–Crippen LogP) is 1.69. The summed E-state index contributed by atoms with van der Waals surface area (Å²) in [6, 6.07) is 0. The van der Waals surface area contributed by atoms with Crippen molar-refractivity contribution in [1.82, 2.24) is 0 Å². The highest BCUT2D eigenvalue weighted by atomic mass is 16.6. The molecule has 0 amide bonds. The van der Waals surface area contributed by atoms with Gasteiger partial charge in [-0.05, 0) is 13.8 Å². The monoisotopic (exact) mass is 438 g/mol. The van der Waals surface area contributed by atoms with Crippen LogP contribution in [0.5, 0.6) is 0 Å². The van der Waals surface area contributed by atoms with Crippen LogP contribution in [-0.2, 0) is 42.6 Å². The van der Waals surface area contributed by atoms with Crippen molar-refractivity contribution in [3.8, 4) is 0 Å². The molecule has 0 aromatic heterocycles. The highest BCUT2D eigenvalue weighted by Gasteiger charge is 1.95. The summed E-state index contributed by atoms with van der Waals surface area (Å²) in [7, 11) is 0. The van der Waals surface area contributed by atoms with Crippen LogP contribution >= 0.6 is 0 Å². The molecular formula is C21H42O9. The van der Waals surface area contributed by atoms with Crippen molar-refractivity contribution in [2.75, 3.05) is 112 Å². The van der Waals surface area contributed by atoms with E-state index in [9.17, 15) is 0 Å². The quantitative estimate of drug-likeness (QED) is 0.148. The van der Waals surface area contributed by atoms with Gasteiger partial charge in [0.2, 0.25) is 0 Å². The summed E-state index contributed by atoms with van der Waals surface area (Å²) in [4.78, 5) is 0. The Balaban J connectivity index is 2.99. The minimum atomic E-state index is 0.516. The maximum absolute atomic E-state index is 5.42. The van der Waals surface area contributed by atoms with Gasteiger partial charge >= 0.3 is 0 Å². The summed E-state index contributed by atoms with van der Waals surface area (Å²) in [5, 5.41) is 0. The zero-order valence-electron chi connectivity index (χ0n) is 18.9. The SMILES string of the molecule is C=C(C)OCCOCCOCCOCCOCCOCCOCCOCCOCC. The van der Waals surface area contributed by atoms with E-state index in [1.54, 1.807) is 0 Å². The van der Waals surface area contributed by atoms with Crippen LogP contribution < -0.4 is 0 Å². The Kier molecular flexibility index (Phi) is 25.6. The Bertz CT molecular complexity index is 342. The lowest BCUT2D eigenvalue weighted by Gasteiger charge is -2.09. The van der Waals surface area contributed by atoms with Crippen molar-refractivity contribution in [2.24, 2.45) is 0 Å². The number of allylic oxidation sites excluding steroid dienone is 1. The first-order chi connectivity index (χ1) is 14.8. The van der Waals surface area contributed by atoms with Gasteiger partial charge < -0.3 is 42.6 Å². The lowest BCUT2D eigenvalue weighted by Crippen LogP contribution is -2.15. The number of ether oxygens (including phenoxy) is 9. The lowest BCUT2D eigenvalue weighted by atomic mass is 10.6. The molecule has 0 aliphatic carbocycles. The maximum Gasteiger partial charge on any atom is 0.111 e. The molecule has 9 nitrogen and oxygen atoms in total. The van der Waals surface area contributed by atoms with E-state index < -0.39 is 0 Å². The molecule has 0 rings (SSSR count). The summed E-state index contributed by atoms with van der Waals surface area (Å²) in [5.41, 5.74) is 0. The van der Waals surface area contributed by atoms with E-state index in [2.05, 4.69) is 6.58 Å². The topological polar surface area (TPSA) is 83.1 Å². The predicted molar refractivity (Wildman–Crippen MR) is 113 cm³/mol. The van der Waals surface area contributed by atoms with Crippen molar-refractivity contribution < 1.29 is 42.6 Å². The molecule has 0 radical (unpaired) electrons. The van der Waals surface area contributed by atoms with Gasteiger partial charge in [-0.25, -0.2) is 0 Å². The number of hydrogen-bond donors (Lipinski definition) is 0. The van der Waals surface area contributed by atoms with Crippen LogP contribution in [0.3, 0.4) is 0 Å². The van der Waals surface area contributed by atoms with Crippen LogP contribution in [-0.4, -0.2) is 112 Å². The van der Waals surface area contributed by atoms with E-state index in [-0.39, 0.29) is 0 Å². The van der Waals surface area contributed by atoms with Gasteiger partial charge in [-0.2, -0.15) is 0 Å². The van der Waals surface area contributed by atoms with Crippen molar-refractivity contribution in [3.05, 3.63) is 12.3 Å². The second-order valence-corrected chi connectivity index (χ2v) is 6.03. The van der Waals surface area contributed by atoms with Crippen LogP contribution in [0.1, 0.15) is 13.8 Å². The third-order valence-electron chi connectivity index (χ3n) is 3.38. The normalized spacial score (nSPS) is 11.1. The van der Waals surface area contributed by atoms with Crippen molar-refractivity contribution in [2.45, 2.75) is 13.8 Å². The fraction of sp³-hybridized carbons (Fsp3) is 0.905. The van der Waals surface area contributed by atoms with Gasteiger partial charge in [0.15, 0.2) is 0 Å². The zero-order valence-corrected chi connectivity index (χ0v) is 18.9. The third-order valence-corrected chi connectivity index (χ3v) is 3.38. The zero-order chi connectivity index (χ0) is 22.0. The fourth-order valence-electron chi connectivity index (χ4n) is 1.96. The van der Waals surface area contributed by atoms with Gasteiger partial charge in [-0.1, -0.05) is 6.58 Å². The van der Waals surface area contributed by atoms with Crippen LogP contribution in [0.2, 0.25) is 0 Å². The summed E-state index contributed by atoms with van der Waals surface area (Å²) >= 11 is 0. The van der Waals surface area contributed by atoms with E-state index >= 15 is 0 Å². The molecule has 9 heteroatoms. The minimum Gasteiger partial charge on any atom is -0.496 e. The summed E-state index contributed by atoms with van der Waals surface area (Å²) < 4.78 is 48.1. The van der Waals surface area contributed by atoms with E-state index in [0.717, 1.165) is 0 Å². The third kappa shape index (κ3) is 27.2. The average Bonchev–Trinajstić information content (AvgIpc) is 2.73. The Morgan fingerprint density at radius 2 is 0.667 bits per heavy atom. The van der Waals surface area contributed by atoms with Crippen molar-refractivity contribution in [3.63, 3.8) is 0 Å². The molecule has 0 saturated heterocycles. The maximum atomic E-state index is 5.42. The average molecular weight is 439 g/mol. The van der Waals surface area contributed by atoms with Gasteiger partial charge in [0.05, 0.1) is 105 Å². The van der Waals surface area contributed by atoms with E-state index in [1.807, 2.05) is 13.8 Å². The van der Waals surface area contributed by atoms with Crippen LogP contribution in [0, 0.1) is 0 Å². The molecule has 30 heavy (non-hydrogen) atoms. The van der Waals surface area contributed by atoms with E-state index in [1.165, 1.54) is 0 Å². The van der Waals surface area contributed by atoms with Gasteiger partial charge in [0.25, 0.3) is 0 Å². The highest BCUT2D eigenvalue weighted by Crippen LogP contribution is 1.89. The summed E-state index contributed by atoms with van der Waals surface area (Å²) in [5.74, 6) is 0.694. The highest BCUT2D eigenvalue weighted by molar-refractivity contribution is 4.72. The second-order valence-electron chi connectivity index (χ2n) is 6.03. The molecule has 0 bridgehead atoms. The van der Waals surface area contributed by atoms with E-state index in [4.69, 9.17) is 42.6 Å². The molecule has 0 aliphatic rings. The van der Waals surface area contributed by atoms with Crippen LogP contribution in [0.15, 0.2) is 12.3 Å². The fourth-order valence-corrected chi connectivity index (χ4v) is 1.96. The molecule has 0 spiro atoms. The largest absolute Gasteiger partial charge is 0.496 e. The molecular weight excluding hydrogens is 396 g/mol. The first-order valence-electron chi connectivity index (χ1n) is 10.7. The van der Waals surface area contributed by atoms with Crippen molar-refractivity contribution >= 4 is 0 Å². The molecule has 0 unspecified atom stereocenters. The molecule has 0 aromatic rings. The minimum absolute atomic E-state index is 0.516. The van der Waals surface area contributed by atoms with Crippen molar-refractivity contribution in [1.29, 1.82) is 0 Å². The van der Waals surface area contributed by atoms with Gasteiger partial charge in [-0.3, -0.25) is 0 Å². The Labute approximate surface area is 181 Å². The lowest BCUT2D eigenvalue weighted by molar-refractivity contribution is -0.0239. The Morgan fingerprint density at radius 1 is 0.433 bits per heavy atom. The Hall–Kier alpha value is -0.780. The van der Waals surface area contributed by atoms with Gasteiger partial charge in [-0.15, -0.1) is 0 Å². The van der Waals surface area contributed by atoms with Crippen LogP contribution in [0.4, 0.5) is 0 Å². The molecule has 0 N–H and O–H groups in total. The summed E-state index contributed by atoms with van der Waals surface area (Å²) in [6.07, 6.45) is 0. The standard InChI is InChI=1S/C21H42O9/c1-4-22-5-6-23-7-8-24-9-10-25-11-12-26-13-14-27-15-16-28-17-18-29-19-20-30-21(2)3/h2,4-20H2,1,3H3. The first-order valence-corrected chi connectivity index (χ1v) is 10.7. The Morgan fingerprint density at radius 3 is 0.900 bits per heavy atom. The first kappa shape index (κ1) is 29.2. The smallest absolute Gasteiger partial charge is 0.111 e. The molecule has 180 valence electrons. The molecule has 0 aromatic carbocycles. The summed E-state index contributed by atoms with van der Waals surface area (Å²) in [6.45, 7) is 16.9. The molecule has 0 atom stereocenters. The number of rotatable bonds is 26. The molecule has 0 fully saturated rings. The molecule has 0 saturated carbocycles. The molecule has 0 heterocycles.